The molecule has 1 atom stereocenters. The van der Waals surface area contributed by atoms with Gasteiger partial charge in [-0.05, 0) is 42.8 Å². The maximum atomic E-state index is 10.6. The molecule has 6 nitrogen and oxygen atoms in total. The zero-order chi connectivity index (χ0) is 15.9. The van der Waals surface area contributed by atoms with Gasteiger partial charge in [-0.1, -0.05) is 19.3 Å². The predicted molar refractivity (Wildman–Crippen MR) is 88.7 cm³/mol. The van der Waals surface area contributed by atoms with Crippen LogP contribution in [0.15, 0.2) is 24.3 Å². The molecule has 1 fully saturated rings. The number of thiocarbonyl (C=S) groups is 1. The minimum atomic E-state index is -0.757. The van der Waals surface area contributed by atoms with E-state index in [1.807, 2.05) is 0 Å². The largest absolute Gasteiger partial charge is 0.387 e. The maximum absolute atomic E-state index is 10.6. The molecule has 0 aromatic heterocycles. The van der Waals surface area contributed by atoms with Crippen molar-refractivity contribution in [3.05, 3.63) is 39.9 Å². The van der Waals surface area contributed by atoms with Gasteiger partial charge in [-0.3, -0.25) is 10.1 Å². The monoisotopic (exact) mass is 323 g/mol. The van der Waals surface area contributed by atoms with Crippen LogP contribution in [0.5, 0.6) is 0 Å². The smallest absolute Gasteiger partial charge is 0.269 e. The van der Waals surface area contributed by atoms with E-state index in [4.69, 9.17) is 12.2 Å². The predicted octanol–water partition coefficient (Wildman–Crippen LogP) is 2.43. The molecule has 0 spiro atoms. The van der Waals surface area contributed by atoms with Gasteiger partial charge in [-0.25, -0.2) is 0 Å². The summed E-state index contributed by atoms with van der Waals surface area (Å²) in [6, 6.07) is 6.31. The Kier molecular flexibility index (Phi) is 6.09. The van der Waals surface area contributed by atoms with Gasteiger partial charge >= 0.3 is 0 Å². The Morgan fingerprint density at radius 2 is 1.95 bits per heavy atom. The van der Waals surface area contributed by atoms with E-state index in [0.29, 0.717) is 16.7 Å². The number of rotatable bonds is 5. The van der Waals surface area contributed by atoms with Gasteiger partial charge in [0, 0.05) is 24.7 Å². The highest BCUT2D eigenvalue weighted by molar-refractivity contribution is 7.80. The SMILES string of the molecule is O=[N+]([O-])c1ccc(C(O)CNC(=S)NC2CCCCC2)cc1. The highest BCUT2D eigenvalue weighted by atomic mass is 32.1. The second-order valence-corrected chi connectivity index (χ2v) is 5.96. The summed E-state index contributed by atoms with van der Waals surface area (Å²) in [6.07, 6.45) is 5.25. The molecular weight excluding hydrogens is 302 g/mol. The number of hydrogen-bond acceptors (Lipinski definition) is 4. The second-order valence-electron chi connectivity index (χ2n) is 5.55. The van der Waals surface area contributed by atoms with Gasteiger partial charge in [0.25, 0.3) is 5.69 Å². The lowest BCUT2D eigenvalue weighted by Crippen LogP contribution is -2.43. The summed E-state index contributed by atoms with van der Waals surface area (Å²) in [5, 5.41) is 27.5. The van der Waals surface area contributed by atoms with Crippen LogP contribution in [-0.4, -0.2) is 27.7 Å². The number of nitro groups is 1. The number of aliphatic hydroxyl groups is 1. The Bertz CT molecular complexity index is 515. The van der Waals surface area contributed by atoms with Crippen molar-refractivity contribution in [2.45, 2.75) is 44.2 Å². The topological polar surface area (TPSA) is 87.4 Å². The van der Waals surface area contributed by atoms with Gasteiger partial charge in [-0.15, -0.1) is 0 Å². The Morgan fingerprint density at radius 1 is 1.32 bits per heavy atom. The van der Waals surface area contributed by atoms with Crippen LogP contribution in [0.2, 0.25) is 0 Å². The van der Waals surface area contributed by atoms with E-state index in [2.05, 4.69) is 10.6 Å². The van der Waals surface area contributed by atoms with Gasteiger partial charge in [0.15, 0.2) is 5.11 Å². The van der Waals surface area contributed by atoms with Crippen molar-refractivity contribution in [2.75, 3.05) is 6.54 Å². The van der Waals surface area contributed by atoms with Crippen LogP contribution < -0.4 is 10.6 Å². The van der Waals surface area contributed by atoms with Crippen LogP contribution in [0.3, 0.4) is 0 Å². The first-order chi connectivity index (χ1) is 10.6. The molecule has 22 heavy (non-hydrogen) atoms. The zero-order valence-corrected chi connectivity index (χ0v) is 13.1. The van der Waals surface area contributed by atoms with Crippen molar-refractivity contribution >= 4 is 23.0 Å². The van der Waals surface area contributed by atoms with Crippen LogP contribution in [0.25, 0.3) is 0 Å². The number of nitrogens with one attached hydrogen (secondary N) is 2. The fraction of sp³-hybridized carbons (Fsp3) is 0.533. The minimum Gasteiger partial charge on any atom is -0.387 e. The standard InChI is InChI=1S/C15H21N3O3S/c19-14(11-6-8-13(9-7-11)18(20)21)10-16-15(22)17-12-4-2-1-3-5-12/h6-9,12,14,19H,1-5,10H2,(H2,16,17,22). The van der Waals surface area contributed by atoms with E-state index >= 15 is 0 Å². The molecule has 2 rings (SSSR count). The lowest BCUT2D eigenvalue weighted by molar-refractivity contribution is -0.384. The number of nitrogens with zero attached hydrogens (tertiary/aromatic N) is 1. The third-order valence-electron chi connectivity index (χ3n) is 3.89. The van der Waals surface area contributed by atoms with Crippen molar-refractivity contribution in [1.29, 1.82) is 0 Å². The number of hydrogen-bond donors (Lipinski definition) is 3. The summed E-state index contributed by atoms with van der Waals surface area (Å²) in [5.74, 6) is 0. The molecule has 1 aliphatic carbocycles. The van der Waals surface area contributed by atoms with Gasteiger partial charge in [-0.2, -0.15) is 0 Å². The van der Waals surface area contributed by atoms with Gasteiger partial charge in [0.1, 0.15) is 0 Å². The minimum absolute atomic E-state index is 0.0124. The average Bonchev–Trinajstić information content (AvgIpc) is 2.53. The molecule has 0 radical (unpaired) electrons. The summed E-state index contributed by atoms with van der Waals surface area (Å²) < 4.78 is 0. The molecular formula is C15H21N3O3S. The summed E-state index contributed by atoms with van der Waals surface area (Å²) in [7, 11) is 0. The van der Waals surface area contributed by atoms with E-state index < -0.39 is 11.0 Å². The van der Waals surface area contributed by atoms with Gasteiger partial charge < -0.3 is 15.7 Å². The molecule has 0 aliphatic heterocycles. The Balaban J connectivity index is 1.77. The first-order valence-electron chi connectivity index (χ1n) is 7.53. The molecule has 1 aromatic carbocycles. The van der Waals surface area contributed by atoms with E-state index in [-0.39, 0.29) is 12.2 Å². The Labute approximate surface area is 135 Å². The van der Waals surface area contributed by atoms with E-state index in [1.54, 1.807) is 12.1 Å². The number of aliphatic hydroxyl groups excluding tert-OH is 1. The van der Waals surface area contributed by atoms with Crippen molar-refractivity contribution < 1.29 is 10.0 Å². The van der Waals surface area contributed by atoms with E-state index in [9.17, 15) is 15.2 Å². The van der Waals surface area contributed by atoms with Gasteiger partial charge in [0.2, 0.25) is 0 Å². The molecule has 0 heterocycles. The molecule has 1 saturated carbocycles. The highest BCUT2D eigenvalue weighted by Crippen LogP contribution is 2.18. The third-order valence-corrected chi connectivity index (χ3v) is 4.15. The van der Waals surface area contributed by atoms with Crippen molar-refractivity contribution in [1.82, 2.24) is 10.6 Å². The molecule has 7 heteroatoms. The van der Waals surface area contributed by atoms with Crippen LogP contribution in [-0.2, 0) is 0 Å². The number of nitro benzene ring substituents is 1. The molecule has 0 saturated heterocycles. The van der Waals surface area contributed by atoms with Crippen molar-refractivity contribution in [3.63, 3.8) is 0 Å². The average molecular weight is 323 g/mol. The first-order valence-corrected chi connectivity index (χ1v) is 7.94. The molecule has 120 valence electrons. The number of benzene rings is 1. The van der Waals surface area contributed by atoms with Gasteiger partial charge in [0.05, 0.1) is 11.0 Å². The summed E-state index contributed by atoms with van der Waals surface area (Å²) in [4.78, 5) is 10.1. The first kappa shape index (κ1) is 16.6. The fourth-order valence-corrected chi connectivity index (χ4v) is 2.86. The van der Waals surface area contributed by atoms with Crippen molar-refractivity contribution in [2.24, 2.45) is 0 Å². The Morgan fingerprint density at radius 3 is 2.55 bits per heavy atom. The van der Waals surface area contributed by atoms with Crippen LogP contribution >= 0.6 is 12.2 Å². The van der Waals surface area contributed by atoms with Crippen LogP contribution in [0, 0.1) is 10.1 Å². The molecule has 0 bridgehead atoms. The van der Waals surface area contributed by atoms with Crippen molar-refractivity contribution in [3.8, 4) is 0 Å². The zero-order valence-electron chi connectivity index (χ0n) is 12.3. The van der Waals surface area contributed by atoms with E-state index in [1.165, 1.54) is 31.4 Å². The second kappa shape index (κ2) is 8.05. The lowest BCUT2D eigenvalue weighted by Gasteiger charge is -2.24. The maximum Gasteiger partial charge on any atom is 0.269 e. The molecule has 1 unspecified atom stereocenters. The third kappa shape index (κ3) is 4.92. The molecule has 3 N–H and O–H groups in total. The van der Waals surface area contributed by atoms with Crippen LogP contribution in [0.1, 0.15) is 43.8 Å². The highest BCUT2D eigenvalue weighted by Gasteiger charge is 2.15. The normalized spacial score (nSPS) is 16.8. The quantitative estimate of drug-likeness (QED) is 0.438. The summed E-state index contributed by atoms with van der Waals surface area (Å²) >= 11 is 5.24. The van der Waals surface area contributed by atoms with Crippen LogP contribution in [0.4, 0.5) is 5.69 Å². The lowest BCUT2D eigenvalue weighted by atomic mass is 9.96. The summed E-state index contributed by atoms with van der Waals surface area (Å²) in [6.45, 7) is 0.274. The molecule has 1 aliphatic rings. The fourth-order valence-electron chi connectivity index (χ4n) is 2.61. The number of non-ortho nitro benzene ring substituents is 1. The molecule has 0 amide bonds. The Hall–Kier alpha value is -1.73. The molecule has 1 aromatic rings. The van der Waals surface area contributed by atoms with E-state index in [0.717, 1.165) is 12.8 Å². The summed E-state index contributed by atoms with van der Waals surface area (Å²) in [5.41, 5.74) is 0.636.